The second kappa shape index (κ2) is 14.7. The monoisotopic (exact) mass is 843 g/mol. The molecule has 4 heterocycles. The standard InChI is InChI=1S/C25H18FN2O.C17H22NSi.Ir/c1-14-11-15(2)23(16(3)12-14)17-9-10-27-21(13-17)20-6-4-5-18-19-7-8-22(26)28-25(19)29-24(18)20;1-13(2)15-11-16(14-9-7-6-8-10-14)18-12-17(15)19(3,4)5;/h4-5,7-13H,1-3H3;6-9,11-13H,1-5H3;/q2*-1;/i;13D;. The first-order valence-corrected chi connectivity index (χ1v) is 19.6. The van der Waals surface area contributed by atoms with E-state index in [1.165, 1.54) is 33.5 Å². The van der Waals surface area contributed by atoms with Gasteiger partial charge >= 0.3 is 0 Å². The van der Waals surface area contributed by atoms with Gasteiger partial charge in [0, 0.05) is 39.3 Å². The van der Waals surface area contributed by atoms with Crippen LogP contribution in [-0.4, -0.2) is 23.0 Å². The van der Waals surface area contributed by atoms with Crippen molar-refractivity contribution in [2.75, 3.05) is 0 Å². The molecule has 0 amide bonds. The minimum absolute atomic E-state index is 0. The van der Waals surface area contributed by atoms with Crippen molar-refractivity contribution in [3.05, 3.63) is 132 Å². The second-order valence-electron chi connectivity index (χ2n) is 13.5. The summed E-state index contributed by atoms with van der Waals surface area (Å²) >= 11 is 0. The van der Waals surface area contributed by atoms with Crippen LogP contribution < -0.4 is 5.19 Å². The van der Waals surface area contributed by atoms with E-state index in [1.807, 2.05) is 62.5 Å². The van der Waals surface area contributed by atoms with Crippen LogP contribution in [0.3, 0.4) is 0 Å². The van der Waals surface area contributed by atoms with Crippen molar-refractivity contribution in [2.24, 2.45) is 0 Å². The third kappa shape index (κ3) is 7.65. The van der Waals surface area contributed by atoms with E-state index >= 15 is 0 Å². The number of hydrogen-bond donors (Lipinski definition) is 0. The molecule has 1 radical (unpaired) electrons. The van der Waals surface area contributed by atoms with Crippen LogP contribution >= 0.6 is 0 Å². The van der Waals surface area contributed by atoms with Gasteiger partial charge in [0.05, 0.1) is 13.7 Å². The van der Waals surface area contributed by atoms with Gasteiger partial charge in [-0.25, -0.2) is 0 Å². The summed E-state index contributed by atoms with van der Waals surface area (Å²) in [6.45, 7) is 17.2. The van der Waals surface area contributed by atoms with Crippen LogP contribution in [0.4, 0.5) is 4.39 Å². The van der Waals surface area contributed by atoms with E-state index in [0.717, 1.165) is 44.4 Å². The normalized spacial score (nSPS) is 11.9. The van der Waals surface area contributed by atoms with E-state index in [9.17, 15) is 4.39 Å². The molecule has 7 aromatic rings. The molecule has 0 N–H and O–H groups in total. The van der Waals surface area contributed by atoms with E-state index < -0.39 is 19.9 Å². The number of nitrogens with zero attached hydrogens (tertiary/aromatic N) is 3. The van der Waals surface area contributed by atoms with E-state index in [4.69, 9.17) is 5.79 Å². The average molecular weight is 843 g/mol. The first kappa shape index (κ1) is 34.6. The molecule has 0 aliphatic rings. The number of benzene rings is 3. The van der Waals surface area contributed by atoms with Crippen LogP contribution in [0.1, 0.15) is 43.4 Å². The summed E-state index contributed by atoms with van der Waals surface area (Å²) < 4.78 is 27.9. The van der Waals surface area contributed by atoms with Crippen LogP contribution in [0.15, 0.2) is 95.7 Å². The van der Waals surface area contributed by atoms with Gasteiger partial charge in [-0.05, 0) is 83.7 Å². The Morgan fingerprint density at radius 3 is 2.27 bits per heavy atom. The Kier molecular flexibility index (Phi) is 10.4. The molecule has 0 spiro atoms. The summed E-state index contributed by atoms with van der Waals surface area (Å²) in [5, 5.41) is 2.92. The largest absolute Gasteiger partial charge is 0.486 e. The molecule has 0 bridgehead atoms. The topological polar surface area (TPSA) is 51.8 Å². The molecule has 3 aromatic carbocycles. The molecule has 0 aliphatic carbocycles. The molecule has 0 saturated heterocycles. The molecular weight excluding hydrogens is 802 g/mol. The SMILES string of the molecule is Cc1cc(C)c(-c2ccnc(-c3[c-]ccc4c3oc3nc(F)ccc34)c2)c(C)c1.[2H]C(C)(C)c1cc(-c2[c-]cccc2)ncc1[Si](C)(C)C.[Ir]. The number of rotatable bonds is 5. The molecule has 4 aromatic heterocycles. The second-order valence-corrected chi connectivity index (χ2v) is 18.6. The number of aromatic nitrogens is 3. The summed E-state index contributed by atoms with van der Waals surface area (Å²) in [6.07, 6.45) is 3.78. The fraction of sp³-hybridized carbons (Fsp3) is 0.214. The minimum Gasteiger partial charge on any atom is -0.486 e. The van der Waals surface area contributed by atoms with E-state index in [-0.39, 0.29) is 25.8 Å². The van der Waals surface area contributed by atoms with Gasteiger partial charge in [0.1, 0.15) is 0 Å². The summed E-state index contributed by atoms with van der Waals surface area (Å²) in [7, 11) is -1.50. The first-order chi connectivity index (χ1) is 23.2. The predicted molar refractivity (Wildman–Crippen MR) is 199 cm³/mol. The molecule has 251 valence electrons. The summed E-state index contributed by atoms with van der Waals surface area (Å²) in [5.41, 5.74) is 11.4. The van der Waals surface area contributed by atoms with Crippen molar-refractivity contribution in [3.63, 3.8) is 0 Å². The molecule has 0 saturated carbocycles. The summed E-state index contributed by atoms with van der Waals surface area (Å²) in [6, 6.07) is 31.6. The number of hydrogen-bond acceptors (Lipinski definition) is 4. The fourth-order valence-corrected chi connectivity index (χ4v) is 7.90. The van der Waals surface area contributed by atoms with Crippen molar-refractivity contribution in [1.29, 1.82) is 0 Å². The molecule has 7 rings (SSSR count). The van der Waals surface area contributed by atoms with Crippen LogP contribution in [0.25, 0.3) is 55.7 Å². The van der Waals surface area contributed by atoms with Crippen molar-refractivity contribution in [1.82, 2.24) is 15.0 Å². The summed E-state index contributed by atoms with van der Waals surface area (Å²) in [5.74, 6) is -1.17. The van der Waals surface area contributed by atoms with Crippen molar-refractivity contribution in [3.8, 4) is 33.6 Å². The quantitative estimate of drug-likeness (QED) is 0.0984. The number of fused-ring (bicyclic) bond motifs is 3. The molecule has 0 aliphatic heterocycles. The molecule has 0 atom stereocenters. The third-order valence-corrected chi connectivity index (χ3v) is 10.5. The Balaban J connectivity index is 0.000000204. The summed E-state index contributed by atoms with van der Waals surface area (Å²) in [4.78, 5) is 13.1. The van der Waals surface area contributed by atoms with Crippen molar-refractivity contribution < 1.29 is 30.3 Å². The maximum Gasteiger partial charge on any atom is 0.218 e. The predicted octanol–water partition coefficient (Wildman–Crippen LogP) is 10.8. The van der Waals surface area contributed by atoms with Gasteiger partial charge in [0.25, 0.3) is 0 Å². The minimum atomic E-state index is -1.50. The van der Waals surface area contributed by atoms with Gasteiger partial charge in [-0.2, -0.15) is 9.37 Å². The Hall–Kier alpha value is -4.29. The zero-order valence-corrected chi connectivity index (χ0v) is 32.5. The van der Waals surface area contributed by atoms with Crippen LogP contribution in [-0.2, 0) is 20.1 Å². The van der Waals surface area contributed by atoms with Crippen LogP contribution in [0.5, 0.6) is 0 Å². The number of aryl methyl sites for hydroxylation is 3. The molecule has 0 unspecified atom stereocenters. The Labute approximate surface area is 304 Å². The Morgan fingerprint density at radius 2 is 1.59 bits per heavy atom. The third-order valence-electron chi connectivity index (χ3n) is 8.48. The average Bonchev–Trinajstić information content (AvgIpc) is 3.42. The maximum absolute atomic E-state index is 13.5. The molecule has 7 heteroatoms. The van der Waals surface area contributed by atoms with Crippen LogP contribution in [0.2, 0.25) is 19.6 Å². The number of halogens is 1. The first-order valence-electron chi connectivity index (χ1n) is 16.6. The fourth-order valence-electron chi connectivity index (χ4n) is 6.31. The molecule has 4 nitrogen and oxygen atoms in total. The Morgan fingerprint density at radius 1 is 0.837 bits per heavy atom. The smallest absolute Gasteiger partial charge is 0.218 e. The molecule has 49 heavy (non-hydrogen) atoms. The van der Waals surface area contributed by atoms with Gasteiger partial charge < -0.3 is 14.4 Å². The van der Waals surface area contributed by atoms with Crippen molar-refractivity contribution >= 4 is 35.3 Å². The van der Waals surface area contributed by atoms with Gasteiger partial charge in [0.15, 0.2) is 0 Å². The van der Waals surface area contributed by atoms with Gasteiger partial charge in [-0.15, -0.1) is 54.1 Å². The zero-order valence-electron chi connectivity index (χ0n) is 30.1. The number of pyridine rings is 3. The van der Waals surface area contributed by atoms with Gasteiger partial charge in [-0.1, -0.05) is 79.8 Å². The zero-order chi connectivity index (χ0) is 35.1. The number of furan rings is 1. The van der Waals surface area contributed by atoms with E-state index in [2.05, 4.69) is 91.8 Å². The maximum atomic E-state index is 13.5. The van der Waals surface area contributed by atoms with Crippen LogP contribution in [0, 0.1) is 38.9 Å². The molecule has 0 fully saturated rings. The Bertz CT molecular complexity index is 2290. The van der Waals surface area contributed by atoms with Gasteiger partial charge in [0.2, 0.25) is 11.7 Å². The van der Waals surface area contributed by atoms with Gasteiger partial charge in [-0.3, -0.25) is 0 Å². The van der Waals surface area contributed by atoms with E-state index in [0.29, 0.717) is 5.58 Å². The van der Waals surface area contributed by atoms with E-state index in [1.54, 1.807) is 12.3 Å². The van der Waals surface area contributed by atoms with Crippen molar-refractivity contribution in [2.45, 2.75) is 60.2 Å². The molecular formula is C42H40FIrN3OSi-2.